The van der Waals surface area contributed by atoms with Crippen LogP contribution in [0.15, 0.2) is 34.8 Å². The Kier molecular flexibility index (Phi) is 5.75. The zero-order valence-electron chi connectivity index (χ0n) is 17.2. The maximum atomic E-state index is 13.2. The number of fused-ring (bicyclic) bond motifs is 1. The second kappa shape index (κ2) is 8.62. The van der Waals surface area contributed by atoms with Crippen LogP contribution < -0.4 is 21.3 Å². The zero-order valence-corrected chi connectivity index (χ0v) is 17.2. The van der Waals surface area contributed by atoms with E-state index in [0.29, 0.717) is 29.8 Å². The predicted molar refractivity (Wildman–Crippen MR) is 112 cm³/mol. The fraction of sp³-hybridized carbons (Fsp3) is 0.696. The van der Waals surface area contributed by atoms with E-state index >= 15 is 0 Å². The van der Waals surface area contributed by atoms with Crippen molar-refractivity contribution in [2.45, 2.75) is 50.6 Å². The smallest absolute Gasteiger partial charge is 0.227 e. The van der Waals surface area contributed by atoms with E-state index < -0.39 is 0 Å². The Balaban J connectivity index is 1.28. The fourth-order valence-corrected chi connectivity index (χ4v) is 6.24. The van der Waals surface area contributed by atoms with Gasteiger partial charge in [-0.1, -0.05) is 18.9 Å². The lowest BCUT2D eigenvalue weighted by Gasteiger charge is -2.42. The van der Waals surface area contributed by atoms with Crippen LogP contribution >= 0.6 is 0 Å². The molecule has 5 rings (SSSR count). The van der Waals surface area contributed by atoms with Crippen molar-refractivity contribution < 1.29 is 9.21 Å². The molecule has 0 radical (unpaired) electrons. The zero-order chi connectivity index (χ0) is 19.6. The molecule has 6 nitrogen and oxygen atoms in total. The van der Waals surface area contributed by atoms with Gasteiger partial charge in [0.1, 0.15) is 0 Å². The van der Waals surface area contributed by atoms with Crippen LogP contribution in [0.2, 0.25) is 0 Å². The average molecular weight is 399 g/mol. The number of carbonyl (C=O) groups is 1. The minimum absolute atomic E-state index is 0.150. The van der Waals surface area contributed by atoms with Crippen molar-refractivity contribution in [3.8, 4) is 0 Å². The van der Waals surface area contributed by atoms with Gasteiger partial charge in [-0.05, 0) is 68.2 Å². The van der Waals surface area contributed by atoms with E-state index in [9.17, 15) is 4.79 Å². The summed E-state index contributed by atoms with van der Waals surface area (Å²) in [5.74, 6) is 2.53. The van der Waals surface area contributed by atoms with Gasteiger partial charge >= 0.3 is 0 Å². The Morgan fingerprint density at radius 1 is 1.14 bits per heavy atom. The maximum absolute atomic E-state index is 13.2. The van der Waals surface area contributed by atoms with E-state index in [1.54, 1.807) is 6.26 Å². The van der Waals surface area contributed by atoms with Gasteiger partial charge in [0.15, 0.2) is 0 Å². The monoisotopic (exact) mass is 398 g/mol. The molecule has 158 valence electrons. The first-order valence-corrected chi connectivity index (χ1v) is 11.5. The normalized spacial score (nSPS) is 37.6. The third kappa shape index (κ3) is 4.03. The molecule has 6 heteroatoms. The minimum atomic E-state index is 0.150. The summed E-state index contributed by atoms with van der Waals surface area (Å²) in [4.78, 5) is 13.2. The van der Waals surface area contributed by atoms with Crippen LogP contribution in [0.3, 0.4) is 0 Å². The van der Waals surface area contributed by atoms with Crippen molar-refractivity contribution in [1.82, 2.24) is 21.3 Å². The van der Waals surface area contributed by atoms with Crippen LogP contribution in [0, 0.1) is 23.7 Å². The van der Waals surface area contributed by atoms with E-state index in [1.807, 2.05) is 6.26 Å². The van der Waals surface area contributed by atoms with Gasteiger partial charge in [0.2, 0.25) is 5.91 Å². The molecule has 0 aromatic carbocycles. The summed E-state index contributed by atoms with van der Waals surface area (Å²) in [6.07, 6.45) is 13.1. The molecule has 1 aromatic heterocycles. The van der Waals surface area contributed by atoms with Crippen molar-refractivity contribution in [2.24, 2.45) is 23.7 Å². The van der Waals surface area contributed by atoms with Gasteiger partial charge in [0.25, 0.3) is 0 Å². The van der Waals surface area contributed by atoms with Crippen LogP contribution in [0.5, 0.6) is 0 Å². The van der Waals surface area contributed by atoms with Gasteiger partial charge in [-0.2, -0.15) is 0 Å². The Morgan fingerprint density at radius 2 is 2.03 bits per heavy atom. The molecule has 29 heavy (non-hydrogen) atoms. The molecule has 1 amide bonds. The van der Waals surface area contributed by atoms with Crippen molar-refractivity contribution in [3.63, 3.8) is 0 Å². The second-order valence-electron chi connectivity index (χ2n) is 9.36. The molecule has 1 saturated carbocycles. The quantitative estimate of drug-likeness (QED) is 0.626. The summed E-state index contributed by atoms with van der Waals surface area (Å²) in [5.41, 5.74) is 2.37. The van der Waals surface area contributed by atoms with E-state index in [-0.39, 0.29) is 11.8 Å². The highest BCUT2D eigenvalue weighted by Crippen LogP contribution is 2.44. The lowest BCUT2D eigenvalue weighted by Crippen LogP contribution is -2.52. The summed E-state index contributed by atoms with van der Waals surface area (Å²) in [6.45, 7) is 3.82. The van der Waals surface area contributed by atoms with Crippen LogP contribution in [-0.2, 0) is 4.79 Å². The minimum Gasteiger partial charge on any atom is -0.472 e. The molecular weight excluding hydrogens is 364 g/mol. The largest absolute Gasteiger partial charge is 0.472 e. The van der Waals surface area contributed by atoms with E-state index in [1.165, 1.54) is 31.2 Å². The topological polar surface area (TPSA) is 78.3 Å². The highest BCUT2D eigenvalue weighted by atomic mass is 16.3. The summed E-state index contributed by atoms with van der Waals surface area (Å²) < 4.78 is 5.36. The summed E-state index contributed by atoms with van der Waals surface area (Å²) in [6, 6.07) is 2.11. The molecule has 4 aliphatic rings. The van der Waals surface area contributed by atoms with Crippen LogP contribution in [0.25, 0.3) is 0 Å². The highest BCUT2D eigenvalue weighted by Gasteiger charge is 2.45. The molecule has 6 atom stereocenters. The molecule has 3 fully saturated rings. The Labute approximate surface area is 173 Å². The van der Waals surface area contributed by atoms with Crippen LogP contribution in [-0.4, -0.2) is 38.3 Å². The first kappa shape index (κ1) is 19.3. The van der Waals surface area contributed by atoms with Gasteiger partial charge in [0, 0.05) is 30.6 Å². The predicted octanol–water partition coefficient (Wildman–Crippen LogP) is 2.32. The van der Waals surface area contributed by atoms with Crippen LogP contribution in [0.1, 0.15) is 50.0 Å². The number of piperidine rings is 1. The standard InChI is InChI=1S/C23H34N4O2/c28-23(27-17-4-3-8-24-12-17)19-6-2-1-5-18(19)16-10-20-21(15-7-9-29-14-15)13-26-22(20)25-11-16/h4,7,9,14,16,18-22,24-26H,1-3,5-6,8,10-13H2,(H,27,28). The van der Waals surface area contributed by atoms with Crippen molar-refractivity contribution in [1.29, 1.82) is 0 Å². The Morgan fingerprint density at radius 3 is 2.86 bits per heavy atom. The second-order valence-corrected chi connectivity index (χ2v) is 9.36. The van der Waals surface area contributed by atoms with Crippen molar-refractivity contribution in [3.05, 3.63) is 35.9 Å². The van der Waals surface area contributed by atoms with Gasteiger partial charge in [-0.25, -0.2) is 0 Å². The lowest BCUT2D eigenvalue weighted by molar-refractivity contribution is -0.128. The number of hydrogen-bond donors (Lipinski definition) is 4. The molecule has 3 aliphatic heterocycles. The number of amides is 1. The number of nitrogens with one attached hydrogen (secondary N) is 4. The molecular formula is C23H34N4O2. The molecule has 2 saturated heterocycles. The van der Waals surface area contributed by atoms with Crippen molar-refractivity contribution in [2.75, 3.05) is 26.2 Å². The third-order valence-electron chi connectivity index (χ3n) is 7.72. The number of hydrogen-bond acceptors (Lipinski definition) is 5. The van der Waals surface area contributed by atoms with Gasteiger partial charge in [-0.3, -0.25) is 4.79 Å². The summed E-state index contributed by atoms with van der Waals surface area (Å²) in [5, 5.41) is 14.0. The first-order valence-electron chi connectivity index (χ1n) is 11.5. The highest BCUT2D eigenvalue weighted by molar-refractivity contribution is 5.80. The summed E-state index contributed by atoms with van der Waals surface area (Å²) >= 11 is 0. The number of carbonyl (C=O) groups excluding carboxylic acids is 1. The van der Waals surface area contributed by atoms with Crippen LogP contribution in [0.4, 0.5) is 0 Å². The fourth-order valence-electron chi connectivity index (χ4n) is 6.24. The lowest BCUT2D eigenvalue weighted by atomic mass is 9.67. The van der Waals surface area contributed by atoms with Gasteiger partial charge < -0.3 is 25.7 Å². The molecule has 1 aromatic rings. The first-order chi connectivity index (χ1) is 14.3. The Bertz CT molecular complexity index is 731. The van der Waals surface area contributed by atoms with E-state index in [0.717, 1.165) is 44.7 Å². The molecule has 4 N–H and O–H groups in total. The SMILES string of the molecule is O=C(NC1=CCCNC1)C1CCCCC1C1CNC2NCC(c3ccoc3)C2C1. The third-order valence-corrected chi connectivity index (χ3v) is 7.72. The number of furan rings is 1. The molecule has 4 heterocycles. The van der Waals surface area contributed by atoms with Gasteiger partial charge in [0.05, 0.1) is 18.7 Å². The van der Waals surface area contributed by atoms with E-state index in [2.05, 4.69) is 33.4 Å². The average Bonchev–Trinajstić information content (AvgIpc) is 3.43. The van der Waals surface area contributed by atoms with E-state index in [4.69, 9.17) is 4.42 Å². The molecule has 1 aliphatic carbocycles. The van der Waals surface area contributed by atoms with Crippen molar-refractivity contribution >= 4 is 5.91 Å². The molecule has 0 bridgehead atoms. The summed E-state index contributed by atoms with van der Waals surface area (Å²) in [7, 11) is 0. The number of rotatable bonds is 4. The maximum Gasteiger partial charge on any atom is 0.227 e. The Hall–Kier alpha value is -1.63. The molecule has 6 unspecified atom stereocenters. The van der Waals surface area contributed by atoms with Gasteiger partial charge in [-0.15, -0.1) is 0 Å². The molecule has 0 spiro atoms.